The minimum Gasteiger partial charge on any atom is -0.376 e. The molecule has 0 bridgehead atoms. The second kappa shape index (κ2) is 6.39. The van der Waals surface area contributed by atoms with Crippen molar-refractivity contribution in [3.05, 3.63) is 0 Å². The molecule has 0 aliphatic carbocycles. The van der Waals surface area contributed by atoms with Crippen molar-refractivity contribution in [2.75, 3.05) is 6.61 Å². The Morgan fingerprint density at radius 1 is 1.07 bits per heavy atom. The quantitative estimate of drug-likeness (QED) is 0.636. The van der Waals surface area contributed by atoms with Gasteiger partial charge in [0.2, 0.25) is 0 Å². The largest absolute Gasteiger partial charge is 0.376 e. The van der Waals surface area contributed by atoms with Crippen LogP contribution in [0.3, 0.4) is 0 Å². The van der Waals surface area contributed by atoms with Gasteiger partial charge in [-0.05, 0) is 39.5 Å². The zero-order chi connectivity index (χ0) is 11.2. The third-order valence-corrected chi connectivity index (χ3v) is 2.02. The van der Waals surface area contributed by atoms with Gasteiger partial charge in [-0.3, -0.25) is 0 Å². The number of rotatable bonds is 6. The Labute approximate surface area is 88.0 Å². The normalized spacial score (nSPS) is 14.8. The maximum atomic E-state index is 13.3. The van der Waals surface area contributed by atoms with Crippen molar-refractivity contribution in [2.24, 2.45) is 5.92 Å². The predicted octanol–water partition coefficient (Wildman–Crippen LogP) is 3.97. The molecule has 0 aromatic carbocycles. The van der Waals surface area contributed by atoms with Crippen molar-refractivity contribution < 1.29 is 9.13 Å². The van der Waals surface area contributed by atoms with E-state index in [2.05, 4.69) is 13.8 Å². The van der Waals surface area contributed by atoms with E-state index >= 15 is 0 Å². The molecule has 0 N–H and O–H groups in total. The maximum absolute atomic E-state index is 13.3. The highest BCUT2D eigenvalue weighted by Crippen LogP contribution is 2.14. The monoisotopic (exact) mass is 204 g/mol. The molecule has 14 heavy (non-hydrogen) atoms. The molecule has 0 aliphatic heterocycles. The first-order valence-electron chi connectivity index (χ1n) is 5.59. The van der Waals surface area contributed by atoms with Gasteiger partial charge in [-0.2, -0.15) is 0 Å². The van der Waals surface area contributed by atoms with Crippen molar-refractivity contribution in [3.8, 4) is 0 Å². The van der Waals surface area contributed by atoms with Crippen LogP contribution in [0.15, 0.2) is 0 Å². The van der Waals surface area contributed by atoms with E-state index in [1.54, 1.807) is 0 Å². The van der Waals surface area contributed by atoms with Crippen LogP contribution in [-0.2, 0) is 4.74 Å². The fourth-order valence-corrected chi connectivity index (χ4v) is 1.15. The first-order valence-corrected chi connectivity index (χ1v) is 5.59. The molecule has 0 spiro atoms. The molecule has 0 rings (SSSR count). The van der Waals surface area contributed by atoms with Crippen molar-refractivity contribution >= 4 is 0 Å². The Balaban J connectivity index is 3.40. The number of halogens is 1. The van der Waals surface area contributed by atoms with E-state index in [4.69, 9.17) is 4.74 Å². The number of alkyl halides is 1. The fraction of sp³-hybridized carbons (Fsp3) is 1.00. The number of ether oxygens (including phenoxy) is 1. The number of hydrogen-bond acceptors (Lipinski definition) is 1. The summed E-state index contributed by atoms with van der Waals surface area (Å²) in [5, 5.41) is 0. The smallest absolute Gasteiger partial charge is 0.102 e. The zero-order valence-corrected chi connectivity index (χ0v) is 10.3. The molecule has 1 nitrogen and oxygen atoms in total. The molecule has 1 atom stereocenters. The summed E-state index contributed by atoms with van der Waals surface area (Å²) in [5.41, 5.74) is -0.141. The van der Waals surface area contributed by atoms with Crippen LogP contribution in [0.4, 0.5) is 4.39 Å². The summed E-state index contributed by atoms with van der Waals surface area (Å²) in [6.45, 7) is 10.8. The van der Waals surface area contributed by atoms with Crippen molar-refractivity contribution in [3.63, 3.8) is 0 Å². The van der Waals surface area contributed by atoms with Gasteiger partial charge in [-0.25, -0.2) is 4.39 Å². The molecule has 2 heteroatoms. The predicted molar refractivity (Wildman–Crippen MR) is 59.3 cm³/mol. The standard InChI is InChI=1S/C12H25FO/c1-10(2)6-7-11(13)8-9-14-12(3,4)5/h10-11H,6-9H2,1-5H3. The molecule has 0 aliphatic rings. The van der Waals surface area contributed by atoms with Gasteiger partial charge in [0.05, 0.1) is 12.2 Å². The van der Waals surface area contributed by atoms with Gasteiger partial charge in [0.1, 0.15) is 6.17 Å². The topological polar surface area (TPSA) is 9.23 Å². The van der Waals surface area contributed by atoms with Gasteiger partial charge < -0.3 is 4.74 Å². The van der Waals surface area contributed by atoms with Crippen molar-refractivity contribution in [1.82, 2.24) is 0 Å². The van der Waals surface area contributed by atoms with E-state index in [1.807, 2.05) is 20.8 Å². The van der Waals surface area contributed by atoms with Crippen LogP contribution in [-0.4, -0.2) is 18.4 Å². The summed E-state index contributed by atoms with van der Waals surface area (Å²) in [6, 6.07) is 0. The first kappa shape index (κ1) is 13.9. The van der Waals surface area contributed by atoms with Gasteiger partial charge in [-0.1, -0.05) is 13.8 Å². The van der Waals surface area contributed by atoms with Gasteiger partial charge >= 0.3 is 0 Å². The van der Waals surface area contributed by atoms with Crippen LogP contribution in [0.2, 0.25) is 0 Å². The lowest BCUT2D eigenvalue weighted by Gasteiger charge is -2.20. The summed E-state index contributed by atoms with van der Waals surface area (Å²) in [6.07, 6.45) is 1.48. The average Bonchev–Trinajstić information content (AvgIpc) is 1.98. The molecule has 0 saturated heterocycles. The molecular formula is C12H25FO. The van der Waals surface area contributed by atoms with Gasteiger partial charge in [0.25, 0.3) is 0 Å². The molecule has 0 aromatic heterocycles. The Morgan fingerprint density at radius 2 is 1.64 bits per heavy atom. The lowest BCUT2D eigenvalue weighted by Crippen LogP contribution is -2.21. The van der Waals surface area contributed by atoms with E-state index in [0.717, 1.165) is 6.42 Å². The van der Waals surface area contributed by atoms with Crippen molar-refractivity contribution in [1.29, 1.82) is 0 Å². The lowest BCUT2D eigenvalue weighted by atomic mass is 10.0. The van der Waals surface area contributed by atoms with Crippen LogP contribution in [0.25, 0.3) is 0 Å². The van der Waals surface area contributed by atoms with E-state index in [0.29, 0.717) is 25.4 Å². The lowest BCUT2D eigenvalue weighted by molar-refractivity contribution is -0.0119. The minimum absolute atomic E-state index is 0.141. The summed E-state index contributed by atoms with van der Waals surface area (Å²) >= 11 is 0. The highest BCUT2D eigenvalue weighted by atomic mass is 19.1. The fourth-order valence-electron chi connectivity index (χ4n) is 1.15. The first-order chi connectivity index (χ1) is 6.31. The molecule has 0 aromatic rings. The highest BCUT2D eigenvalue weighted by molar-refractivity contribution is 4.62. The second-order valence-electron chi connectivity index (χ2n) is 5.32. The Kier molecular flexibility index (Phi) is 6.34. The van der Waals surface area contributed by atoms with Crippen molar-refractivity contribution in [2.45, 2.75) is 65.7 Å². The third kappa shape index (κ3) is 9.97. The highest BCUT2D eigenvalue weighted by Gasteiger charge is 2.12. The van der Waals surface area contributed by atoms with E-state index < -0.39 is 6.17 Å². The molecule has 1 unspecified atom stereocenters. The zero-order valence-electron chi connectivity index (χ0n) is 10.3. The van der Waals surface area contributed by atoms with Gasteiger partial charge in [-0.15, -0.1) is 0 Å². The summed E-state index contributed by atoms with van der Waals surface area (Å²) < 4.78 is 18.7. The van der Waals surface area contributed by atoms with Gasteiger partial charge in [0.15, 0.2) is 0 Å². The maximum Gasteiger partial charge on any atom is 0.102 e. The van der Waals surface area contributed by atoms with Crippen LogP contribution in [0, 0.1) is 5.92 Å². The summed E-state index contributed by atoms with van der Waals surface area (Å²) in [5.74, 6) is 0.594. The summed E-state index contributed by atoms with van der Waals surface area (Å²) in [7, 11) is 0. The molecule has 0 fully saturated rings. The third-order valence-electron chi connectivity index (χ3n) is 2.02. The molecule has 86 valence electrons. The second-order valence-corrected chi connectivity index (χ2v) is 5.32. The van der Waals surface area contributed by atoms with Gasteiger partial charge in [0, 0.05) is 6.42 Å². The van der Waals surface area contributed by atoms with Crippen LogP contribution >= 0.6 is 0 Å². The molecule has 0 saturated carbocycles. The van der Waals surface area contributed by atoms with E-state index in [9.17, 15) is 4.39 Å². The van der Waals surface area contributed by atoms with E-state index in [-0.39, 0.29) is 5.60 Å². The Hall–Kier alpha value is -0.110. The SMILES string of the molecule is CC(C)CCC(F)CCOC(C)(C)C. The molecular weight excluding hydrogens is 179 g/mol. The molecule has 0 heterocycles. The van der Waals surface area contributed by atoms with Crippen LogP contribution in [0.5, 0.6) is 0 Å². The Bertz CT molecular complexity index is 138. The minimum atomic E-state index is -0.695. The Morgan fingerprint density at radius 3 is 2.07 bits per heavy atom. The molecule has 0 radical (unpaired) electrons. The van der Waals surface area contributed by atoms with Crippen LogP contribution < -0.4 is 0 Å². The molecule has 0 amide bonds. The summed E-state index contributed by atoms with van der Waals surface area (Å²) in [4.78, 5) is 0. The average molecular weight is 204 g/mol. The number of hydrogen-bond donors (Lipinski definition) is 0. The van der Waals surface area contributed by atoms with E-state index in [1.165, 1.54) is 0 Å². The van der Waals surface area contributed by atoms with Crippen LogP contribution in [0.1, 0.15) is 53.9 Å².